The van der Waals surface area contributed by atoms with E-state index in [-0.39, 0.29) is 6.42 Å². The van der Waals surface area contributed by atoms with Gasteiger partial charge in [0.2, 0.25) is 0 Å². The molecule has 0 unspecified atom stereocenters. The summed E-state index contributed by atoms with van der Waals surface area (Å²) in [7, 11) is 1.56. The molecule has 25 heavy (non-hydrogen) atoms. The van der Waals surface area contributed by atoms with E-state index in [0.717, 1.165) is 23.4 Å². The number of rotatable bonds is 3. The molecule has 3 rings (SSSR count). The van der Waals surface area contributed by atoms with Gasteiger partial charge in [0, 0.05) is 11.8 Å². The number of fused-ring (bicyclic) bond motifs is 1. The highest BCUT2D eigenvalue weighted by molar-refractivity contribution is 5.69. The number of nitriles is 1. The van der Waals surface area contributed by atoms with Crippen molar-refractivity contribution in [3.63, 3.8) is 0 Å². The van der Waals surface area contributed by atoms with Crippen LogP contribution in [0.3, 0.4) is 0 Å². The van der Waals surface area contributed by atoms with Gasteiger partial charge < -0.3 is 9.14 Å². The van der Waals surface area contributed by atoms with Gasteiger partial charge in [-0.1, -0.05) is 0 Å². The van der Waals surface area contributed by atoms with Gasteiger partial charge in [0.15, 0.2) is 0 Å². The van der Waals surface area contributed by atoms with Crippen LogP contribution in [0.25, 0.3) is 16.9 Å². The van der Waals surface area contributed by atoms with Crippen LogP contribution >= 0.6 is 0 Å². The fourth-order valence-corrected chi connectivity index (χ4v) is 2.76. The molecule has 7 heteroatoms. The van der Waals surface area contributed by atoms with E-state index in [4.69, 9.17) is 10.00 Å². The maximum atomic E-state index is 13.0. The zero-order chi connectivity index (χ0) is 18.2. The molecule has 0 N–H and O–H groups in total. The van der Waals surface area contributed by atoms with Crippen LogP contribution in [0.2, 0.25) is 0 Å². The first kappa shape index (κ1) is 16.8. The predicted octanol–water partition coefficient (Wildman–Crippen LogP) is 4.40. The van der Waals surface area contributed by atoms with Crippen molar-refractivity contribution < 1.29 is 17.9 Å². The second kappa shape index (κ2) is 6.13. The fourth-order valence-electron chi connectivity index (χ4n) is 2.76. The number of benzene rings is 1. The zero-order valence-electron chi connectivity index (χ0n) is 13.6. The van der Waals surface area contributed by atoms with Crippen LogP contribution in [0.5, 0.6) is 5.75 Å². The average molecular weight is 345 g/mol. The third-order valence-electron chi connectivity index (χ3n) is 3.96. The van der Waals surface area contributed by atoms with E-state index in [1.54, 1.807) is 19.2 Å². The van der Waals surface area contributed by atoms with Crippen molar-refractivity contribution in [2.75, 3.05) is 7.11 Å². The highest BCUT2D eigenvalue weighted by atomic mass is 19.4. The summed E-state index contributed by atoms with van der Waals surface area (Å²) in [6.07, 6.45) is -3.53. The first-order valence-electron chi connectivity index (χ1n) is 7.45. The van der Waals surface area contributed by atoms with E-state index in [0.29, 0.717) is 22.8 Å². The molecular formula is C18H14F3N3O. The number of aryl methyl sites for hydroxylation is 1. The molecule has 0 bridgehead atoms. The zero-order valence-corrected chi connectivity index (χ0v) is 13.6. The topological polar surface area (TPSA) is 50.3 Å². The molecule has 0 aliphatic heterocycles. The number of imidazole rings is 1. The van der Waals surface area contributed by atoms with Crippen LogP contribution in [0.1, 0.15) is 16.8 Å². The van der Waals surface area contributed by atoms with Crippen molar-refractivity contribution in [2.24, 2.45) is 0 Å². The second-order valence-electron chi connectivity index (χ2n) is 5.57. The quantitative estimate of drug-likeness (QED) is 0.707. The molecule has 128 valence electrons. The standard InChI is InChI=1S/C18H14F3N3O/c1-11-9-12(3-5-15(11)25-2)17-14(7-8-22)24-10-13(18(19,20)21)4-6-16(24)23-17/h3-6,9-10H,7H2,1-2H3. The molecule has 0 atom stereocenters. The minimum atomic E-state index is -4.46. The molecule has 4 nitrogen and oxygen atoms in total. The largest absolute Gasteiger partial charge is 0.496 e. The SMILES string of the molecule is COc1ccc(-c2nc3ccc(C(F)(F)F)cn3c2CC#N)cc1C. The minimum absolute atomic E-state index is 0.0527. The second-order valence-corrected chi connectivity index (χ2v) is 5.57. The first-order chi connectivity index (χ1) is 11.8. The molecule has 3 aromatic rings. The predicted molar refractivity (Wildman–Crippen MR) is 86.2 cm³/mol. The molecule has 2 heterocycles. The monoisotopic (exact) mass is 345 g/mol. The van der Waals surface area contributed by atoms with Crippen molar-refractivity contribution in [2.45, 2.75) is 19.5 Å². The van der Waals surface area contributed by atoms with Gasteiger partial charge in [-0.25, -0.2) is 4.98 Å². The molecule has 0 saturated heterocycles. The Bertz CT molecular complexity index is 984. The van der Waals surface area contributed by atoms with Gasteiger partial charge in [0.05, 0.1) is 36.6 Å². The van der Waals surface area contributed by atoms with Gasteiger partial charge in [-0.3, -0.25) is 0 Å². The fraction of sp³-hybridized carbons (Fsp3) is 0.222. The molecule has 1 aromatic carbocycles. The van der Waals surface area contributed by atoms with Gasteiger partial charge in [0.25, 0.3) is 0 Å². The van der Waals surface area contributed by atoms with Crippen LogP contribution in [-0.2, 0) is 12.6 Å². The Hall–Kier alpha value is -3.01. The summed E-state index contributed by atoms with van der Waals surface area (Å²) in [6.45, 7) is 1.86. The van der Waals surface area contributed by atoms with Crippen LogP contribution in [-0.4, -0.2) is 16.5 Å². The lowest BCUT2D eigenvalue weighted by molar-refractivity contribution is -0.137. The number of aromatic nitrogens is 2. The Morgan fingerprint density at radius 2 is 2.00 bits per heavy atom. The maximum Gasteiger partial charge on any atom is 0.417 e. The lowest BCUT2D eigenvalue weighted by atomic mass is 10.1. The van der Waals surface area contributed by atoms with Crippen LogP contribution in [0.15, 0.2) is 36.5 Å². The van der Waals surface area contributed by atoms with E-state index < -0.39 is 11.7 Å². The van der Waals surface area contributed by atoms with Gasteiger partial charge in [-0.05, 0) is 42.8 Å². The molecule has 0 aliphatic rings. The van der Waals surface area contributed by atoms with Gasteiger partial charge in [0.1, 0.15) is 11.4 Å². The average Bonchev–Trinajstić information content (AvgIpc) is 2.92. The molecule has 0 radical (unpaired) electrons. The van der Waals surface area contributed by atoms with E-state index in [9.17, 15) is 13.2 Å². The number of pyridine rings is 1. The van der Waals surface area contributed by atoms with Gasteiger partial charge in [-0.2, -0.15) is 18.4 Å². The highest BCUT2D eigenvalue weighted by Crippen LogP contribution is 2.32. The highest BCUT2D eigenvalue weighted by Gasteiger charge is 2.31. The summed E-state index contributed by atoms with van der Waals surface area (Å²) in [5, 5.41) is 9.10. The summed E-state index contributed by atoms with van der Waals surface area (Å²) < 4.78 is 45.5. The third-order valence-corrected chi connectivity index (χ3v) is 3.96. The normalized spacial score (nSPS) is 11.5. The van der Waals surface area contributed by atoms with E-state index >= 15 is 0 Å². The smallest absolute Gasteiger partial charge is 0.417 e. The molecule has 0 saturated carbocycles. The number of hydrogen-bond acceptors (Lipinski definition) is 3. The van der Waals surface area contributed by atoms with E-state index in [1.807, 2.05) is 19.1 Å². The molecule has 0 fully saturated rings. The van der Waals surface area contributed by atoms with Gasteiger partial charge >= 0.3 is 6.18 Å². The van der Waals surface area contributed by atoms with Crippen LogP contribution < -0.4 is 4.74 Å². The Morgan fingerprint density at radius 1 is 1.24 bits per heavy atom. The van der Waals surface area contributed by atoms with Crippen molar-refractivity contribution >= 4 is 5.65 Å². The Balaban J connectivity index is 2.23. The molecule has 0 amide bonds. The van der Waals surface area contributed by atoms with Crippen molar-refractivity contribution in [3.05, 3.63) is 53.3 Å². The molecular weight excluding hydrogens is 331 g/mol. The number of hydrogen-bond donors (Lipinski definition) is 0. The number of nitrogens with zero attached hydrogens (tertiary/aromatic N) is 3. The third kappa shape index (κ3) is 3.03. The number of alkyl halides is 3. The van der Waals surface area contributed by atoms with Crippen molar-refractivity contribution in [1.82, 2.24) is 9.38 Å². The number of methoxy groups -OCH3 is 1. The van der Waals surface area contributed by atoms with Crippen LogP contribution in [0.4, 0.5) is 13.2 Å². The van der Waals surface area contributed by atoms with E-state index in [2.05, 4.69) is 4.98 Å². The summed E-state index contributed by atoms with van der Waals surface area (Å²) in [6, 6.07) is 9.68. The van der Waals surface area contributed by atoms with Crippen LogP contribution in [0, 0.1) is 18.3 Å². The molecule has 0 spiro atoms. The lowest BCUT2D eigenvalue weighted by Crippen LogP contribution is -2.07. The van der Waals surface area contributed by atoms with Crippen molar-refractivity contribution in [3.8, 4) is 23.1 Å². The Kier molecular flexibility index (Phi) is 4.13. The Morgan fingerprint density at radius 3 is 2.60 bits per heavy atom. The summed E-state index contributed by atoms with van der Waals surface area (Å²) in [5.74, 6) is 0.703. The molecule has 0 aliphatic carbocycles. The summed E-state index contributed by atoms with van der Waals surface area (Å²) in [5.41, 5.74) is 2.09. The van der Waals surface area contributed by atoms with Gasteiger partial charge in [-0.15, -0.1) is 0 Å². The first-order valence-corrected chi connectivity index (χ1v) is 7.45. The number of halogens is 3. The minimum Gasteiger partial charge on any atom is -0.496 e. The molecule has 2 aromatic heterocycles. The maximum absolute atomic E-state index is 13.0. The van der Waals surface area contributed by atoms with Crippen molar-refractivity contribution in [1.29, 1.82) is 5.26 Å². The number of ether oxygens (including phenoxy) is 1. The summed E-state index contributed by atoms with van der Waals surface area (Å²) >= 11 is 0. The summed E-state index contributed by atoms with van der Waals surface area (Å²) in [4.78, 5) is 4.42. The Labute approximate surface area is 142 Å². The lowest BCUT2D eigenvalue weighted by Gasteiger charge is -2.08. The van der Waals surface area contributed by atoms with E-state index in [1.165, 1.54) is 10.5 Å².